The maximum Gasteiger partial charge on any atom is 0.306 e. The zero-order chi connectivity index (χ0) is 10.0. The van der Waals surface area contributed by atoms with E-state index in [1.54, 1.807) is 0 Å². The Morgan fingerprint density at radius 1 is 1.62 bits per heavy atom. The molecule has 0 heterocycles. The summed E-state index contributed by atoms with van der Waals surface area (Å²) < 4.78 is 13.1. The van der Waals surface area contributed by atoms with Gasteiger partial charge in [0.15, 0.2) is 0 Å². The zero-order valence-electron chi connectivity index (χ0n) is 6.46. The highest BCUT2D eigenvalue weighted by Crippen LogP contribution is 2.26. The normalized spacial score (nSPS) is 10.1. The Balaban J connectivity index is 3.33. The highest BCUT2D eigenvalue weighted by Gasteiger charge is 2.17. The van der Waals surface area contributed by atoms with Crippen LogP contribution in [0.2, 0.25) is 0 Å². The third-order valence-electron chi connectivity index (χ3n) is 1.50. The molecule has 13 heavy (non-hydrogen) atoms. The number of nitro groups is 1. The molecule has 2 N–H and O–H groups in total. The van der Waals surface area contributed by atoms with E-state index >= 15 is 0 Å². The number of nitrogens with two attached hydrogens (primary N) is 1. The molecule has 6 heteroatoms. The van der Waals surface area contributed by atoms with Crippen LogP contribution in [-0.2, 0) is 6.54 Å². The summed E-state index contributed by atoms with van der Waals surface area (Å²) in [6, 6.07) is 2.54. The van der Waals surface area contributed by atoms with E-state index in [1.165, 1.54) is 6.07 Å². The Kier molecular flexibility index (Phi) is 2.94. The quantitative estimate of drug-likeness (QED) is 0.643. The Morgan fingerprint density at radius 2 is 2.23 bits per heavy atom. The molecule has 1 aromatic rings. The molecule has 0 radical (unpaired) electrons. The van der Waals surface area contributed by atoms with Crippen molar-refractivity contribution in [3.8, 4) is 0 Å². The van der Waals surface area contributed by atoms with Crippen LogP contribution in [0.5, 0.6) is 0 Å². The van der Waals surface area contributed by atoms with Crippen molar-refractivity contribution in [1.82, 2.24) is 0 Å². The maximum atomic E-state index is 13.0. The van der Waals surface area contributed by atoms with Gasteiger partial charge in [0.25, 0.3) is 0 Å². The average Bonchev–Trinajstić information content (AvgIpc) is 2.09. The van der Waals surface area contributed by atoms with Gasteiger partial charge in [-0.3, -0.25) is 10.1 Å². The van der Waals surface area contributed by atoms with Crippen LogP contribution in [0.4, 0.5) is 10.1 Å². The summed E-state index contributed by atoms with van der Waals surface area (Å²) in [6.45, 7) is 0.139. The number of rotatable bonds is 2. The minimum atomic E-state index is -0.873. The van der Waals surface area contributed by atoms with E-state index in [0.717, 1.165) is 6.07 Å². The summed E-state index contributed by atoms with van der Waals surface area (Å²) in [5.74, 6) is -0.873. The molecule has 0 aliphatic heterocycles. The molecule has 0 unspecified atom stereocenters. The second-order valence-electron chi connectivity index (χ2n) is 2.37. The molecule has 0 saturated carbocycles. The standard InChI is InChI=1S/C7H6BrFN2O2/c8-5-1-4(3-10)2-6(7(5)9)11(12)13/h1-2H,3,10H2. The molecule has 0 spiro atoms. The van der Waals surface area contributed by atoms with E-state index in [0.29, 0.717) is 5.56 Å². The summed E-state index contributed by atoms with van der Waals surface area (Å²) in [7, 11) is 0. The first-order valence-electron chi connectivity index (χ1n) is 3.38. The van der Waals surface area contributed by atoms with Gasteiger partial charge in [-0.25, -0.2) is 0 Å². The van der Waals surface area contributed by atoms with Crippen LogP contribution in [0.1, 0.15) is 5.56 Å². The van der Waals surface area contributed by atoms with Crippen molar-refractivity contribution in [2.45, 2.75) is 6.54 Å². The number of hydrogen-bond acceptors (Lipinski definition) is 3. The summed E-state index contributed by atoms with van der Waals surface area (Å²) >= 11 is 2.87. The number of nitrogens with zero attached hydrogens (tertiary/aromatic N) is 1. The van der Waals surface area contributed by atoms with Crippen molar-refractivity contribution < 1.29 is 9.31 Å². The topological polar surface area (TPSA) is 69.2 Å². The van der Waals surface area contributed by atoms with Gasteiger partial charge in [-0.15, -0.1) is 0 Å². The fraction of sp³-hybridized carbons (Fsp3) is 0.143. The SMILES string of the molecule is NCc1cc(Br)c(F)c([N+](=O)[O-])c1. The van der Waals surface area contributed by atoms with Gasteiger partial charge < -0.3 is 5.73 Å². The van der Waals surface area contributed by atoms with E-state index in [1.807, 2.05) is 0 Å². The highest BCUT2D eigenvalue weighted by molar-refractivity contribution is 9.10. The molecule has 1 aromatic carbocycles. The largest absolute Gasteiger partial charge is 0.326 e. The maximum absolute atomic E-state index is 13.0. The molecule has 0 aromatic heterocycles. The van der Waals surface area contributed by atoms with Crippen molar-refractivity contribution in [1.29, 1.82) is 0 Å². The van der Waals surface area contributed by atoms with E-state index in [2.05, 4.69) is 15.9 Å². The van der Waals surface area contributed by atoms with Crippen molar-refractivity contribution in [2.24, 2.45) is 5.73 Å². The van der Waals surface area contributed by atoms with Crippen molar-refractivity contribution in [3.63, 3.8) is 0 Å². The molecule has 0 aliphatic rings. The predicted molar refractivity (Wildman–Crippen MR) is 48.6 cm³/mol. The van der Waals surface area contributed by atoms with E-state index < -0.39 is 16.4 Å². The monoisotopic (exact) mass is 248 g/mol. The van der Waals surface area contributed by atoms with Crippen LogP contribution in [0.15, 0.2) is 16.6 Å². The van der Waals surface area contributed by atoms with Gasteiger partial charge in [-0.1, -0.05) is 0 Å². The molecule has 0 atom stereocenters. The van der Waals surface area contributed by atoms with Crippen LogP contribution in [-0.4, -0.2) is 4.92 Å². The predicted octanol–water partition coefficient (Wildman–Crippen LogP) is 1.96. The lowest BCUT2D eigenvalue weighted by Gasteiger charge is -2.00. The second kappa shape index (κ2) is 3.80. The van der Waals surface area contributed by atoms with Gasteiger partial charge in [0.05, 0.1) is 9.40 Å². The van der Waals surface area contributed by atoms with Gasteiger partial charge in [-0.05, 0) is 27.6 Å². The second-order valence-corrected chi connectivity index (χ2v) is 3.23. The first-order valence-corrected chi connectivity index (χ1v) is 4.18. The van der Waals surface area contributed by atoms with Gasteiger partial charge in [0.2, 0.25) is 5.82 Å². The summed E-state index contributed by atoms with van der Waals surface area (Å²) in [5, 5.41) is 10.3. The number of nitro benzene ring substituents is 1. The fourth-order valence-electron chi connectivity index (χ4n) is 0.880. The van der Waals surface area contributed by atoms with Crippen molar-refractivity contribution in [2.75, 3.05) is 0 Å². The van der Waals surface area contributed by atoms with Crippen LogP contribution in [0.3, 0.4) is 0 Å². The summed E-state index contributed by atoms with van der Waals surface area (Å²) in [5.41, 5.74) is 5.23. The van der Waals surface area contributed by atoms with E-state index in [9.17, 15) is 14.5 Å². The molecular formula is C7H6BrFN2O2. The third-order valence-corrected chi connectivity index (χ3v) is 2.08. The molecule has 0 saturated heterocycles. The smallest absolute Gasteiger partial charge is 0.306 e. The van der Waals surface area contributed by atoms with Crippen molar-refractivity contribution in [3.05, 3.63) is 38.1 Å². The number of benzene rings is 1. The number of halogens is 2. The van der Waals surface area contributed by atoms with Gasteiger partial charge in [0.1, 0.15) is 0 Å². The minimum Gasteiger partial charge on any atom is -0.326 e. The Morgan fingerprint density at radius 3 is 2.69 bits per heavy atom. The fourth-order valence-corrected chi connectivity index (χ4v) is 1.38. The number of hydrogen-bond donors (Lipinski definition) is 1. The lowest BCUT2D eigenvalue weighted by Crippen LogP contribution is -2.00. The summed E-state index contributed by atoms with van der Waals surface area (Å²) in [6.07, 6.45) is 0. The highest BCUT2D eigenvalue weighted by atomic mass is 79.9. The first kappa shape index (κ1) is 10.1. The molecule has 0 bridgehead atoms. The molecule has 0 amide bonds. The molecular weight excluding hydrogens is 243 g/mol. The van der Waals surface area contributed by atoms with Gasteiger partial charge in [-0.2, -0.15) is 4.39 Å². The summed E-state index contributed by atoms with van der Waals surface area (Å²) in [4.78, 5) is 9.57. The lowest BCUT2D eigenvalue weighted by atomic mass is 10.2. The average molecular weight is 249 g/mol. The van der Waals surface area contributed by atoms with Crippen LogP contribution < -0.4 is 5.73 Å². The Bertz CT molecular complexity index is 357. The Hall–Kier alpha value is -1.01. The molecule has 0 fully saturated rings. The molecule has 4 nitrogen and oxygen atoms in total. The Labute approximate surface area is 81.8 Å². The van der Waals surface area contributed by atoms with Crippen LogP contribution >= 0.6 is 15.9 Å². The van der Waals surface area contributed by atoms with Crippen LogP contribution in [0.25, 0.3) is 0 Å². The first-order chi connectivity index (χ1) is 6.06. The zero-order valence-corrected chi connectivity index (χ0v) is 8.04. The van der Waals surface area contributed by atoms with Gasteiger partial charge >= 0.3 is 5.69 Å². The molecule has 0 aliphatic carbocycles. The van der Waals surface area contributed by atoms with Crippen molar-refractivity contribution >= 4 is 21.6 Å². The molecule has 1 rings (SSSR count). The van der Waals surface area contributed by atoms with E-state index in [4.69, 9.17) is 5.73 Å². The lowest BCUT2D eigenvalue weighted by molar-refractivity contribution is -0.387. The van der Waals surface area contributed by atoms with E-state index in [-0.39, 0.29) is 11.0 Å². The van der Waals surface area contributed by atoms with Gasteiger partial charge in [0, 0.05) is 12.6 Å². The van der Waals surface area contributed by atoms with Crippen LogP contribution in [0, 0.1) is 15.9 Å². The minimum absolute atomic E-state index is 0.0575. The molecule has 70 valence electrons. The third kappa shape index (κ3) is 2.02.